The van der Waals surface area contributed by atoms with Crippen LogP contribution in [-0.2, 0) is 4.79 Å². The zero-order chi connectivity index (χ0) is 17.5. The number of benzodiazepines with no additional fused rings is 1. The standard InChI is InChI=1S/C16H15ClN2O.C4H8/c1-3-5-11(6-4-2)16-13-9-12(17)7-8-14(13)19-15(20)10-18-16;1-4-2-3-4/h3-9H,1,10H2,2H3,(H,19,20);4H,2-3H2,1H3/b6-4-,11-5+;. The summed E-state index contributed by atoms with van der Waals surface area (Å²) in [5, 5.41) is 3.43. The molecule has 1 amide bonds. The largest absolute Gasteiger partial charge is 0.324 e. The highest BCUT2D eigenvalue weighted by molar-refractivity contribution is 6.32. The van der Waals surface area contributed by atoms with Crippen molar-refractivity contribution in [3.05, 3.63) is 65.2 Å². The average Bonchev–Trinajstić information content (AvgIpc) is 3.34. The first-order valence-corrected chi connectivity index (χ1v) is 8.53. The Bertz CT molecular complexity index is 712. The van der Waals surface area contributed by atoms with Gasteiger partial charge in [0.1, 0.15) is 6.54 Å². The molecule has 0 bridgehead atoms. The second-order valence-electron chi connectivity index (χ2n) is 5.94. The summed E-state index contributed by atoms with van der Waals surface area (Å²) in [6.07, 6.45) is 10.4. The zero-order valence-corrected chi connectivity index (χ0v) is 14.9. The molecule has 1 aromatic rings. The molecule has 4 heteroatoms. The Morgan fingerprint density at radius 1 is 1.42 bits per heavy atom. The molecule has 0 spiro atoms. The van der Waals surface area contributed by atoms with Crippen molar-refractivity contribution in [2.24, 2.45) is 10.9 Å². The first kappa shape index (κ1) is 18.2. The molecule has 126 valence electrons. The third-order valence-electron chi connectivity index (χ3n) is 3.67. The molecular weight excluding hydrogens is 320 g/mol. The minimum Gasteiger partial charge on any atom is -0.324 e. The summed E-state index contributed by atoms with van der Waals surface area (Å²) in [6, 6.07) is 5.34. The number of benzene rings is 1. The SMILES string of the molecule is C=C/C=C(\C=C/C)C1=NCC(=O)Nc2ccc(Cl)cc21.CC1CC1. The van der Waals surface area contributed by atoms with Crippen LogP contribution in [-0.4, -0.2) is 18.2 Å². The Balaban J connectivity index is 0.000000454. The van der Waals surface area contributed by atoms with Crippen LogP contribution in [0.1, 0.15) is 32.3 Å². The van der Waals surface area contributed by atoms with Gasteiger partial charge in [-0.25, -0.2) is 0 Å². The summed E-state index contributed by atoms with van der Waals surface area (Å²) >= 11 is 6.07. The highest BCUT2D eigenvalue weighted by atomic mass is 35.5. The van der Waals surface area contributed by atoms with Crippen molar-refractivity contribution in [2.45, 2.75) is 26.7 Å². The van der Waals surface area contributed by atoms with Crippen LogP contribution in [0.5, 0.6) is 0 Å². The molecule has 1 saturated carbocycles. The number of nitrogens with zero attached hydrogens (tertiary/aromatic N) is 1. The van der Waals surface area contributed by atoms with Crippen LogP contribution in [0, 0.1) is 5.92 Å². The number of carbonyl (C=O) groups is 1. The van der Waals surface area contributed by atoms with Crippen molar-refractivity contribution >= 4 is 28.9 Å². The van der Waals surface area contributed by atoms with Crippen LogP contribution in [0.15, 0.2) is 59.6 Å². The van der Waals surface area contributed by atoms with Gasteiger partial charge in [0.25, 0.3) is 0 Å². The lowest BCUT2D eigenvalue weighted by Crippen LogP contribution is -2.13. The van der Waals surface area contributed by atoms with E-state index >= 15 is 0 Å². The lowest BCUT2D eigenvalue weighted by Gasteiger charge is -2.11. The fourth-order valence-corrected chi connectivity index (χ4v) is 2.35. The maximum Gasteiger partial charge on any atom is 0.246 e. The molecule has 0 atom stereocenters. The minimum absolute atomic E-state index is 0.0909. The van der Waals surface area contributed by atoms with Gasteiger partial charge in [-0.1, -0.05) is 62.2 Å². The Morgan fingerprint density at radius 3 is 2.71 bits per heavy atom. The number of rotatable bonds is 3. The van der Waals surface area contributed by atoms with Crippen LogP contribution in [0.2, 0.25) is 5.02 Å². The van der Waals surface area contributed by atoms with E-state index in [2.05, 4.69) is 23.8 Å². The number of amides is 1. The summed E-state index contributed by atoms with van der Waals surface area (Å²) in [7, 11) is 0. The van der Waals surface area contributed by atoms with E-state index in [9.17, 15) is 4.79 Å². The normalized spacial score (nSPS) is 17.2. The Morgan fingerprint density at radius 2 is 2.12 bits per heavy atom. The summed E-state index contributed by atoms with van der Waals surface area (Å²) in [5.74, 6) is 0.946. The van der Waals surface area contributed by atoms with Gasteiger partial charge < -0.3 is 5.32 Å². The van der Waals surface area contributed by atoms with Crippen LogP contribution in [0.3, 0.4) is 0 Å². The molecule has 3 nitrogen and oxygen atoms in total. The van der Waals surface area contributed by atoms with Gasteiger partial charge in [-0.3, -0.25) is 9.79 Å². The van der Waals surface area contributed by atoms with Crippen LogP contribution < -0.4 is 5.32 Å². The van der Waals surface area contributed by atoms with Crippen molar-refractivity contribution in [1.29, 1.82) is 0 Å². The summed E-state index contributed by atoms with van der Waals surface area (Å²) in [6.45, 7) is 8.01. The molecule has 1 aliphatic heterocycles. The number of hydrogen-bond acceptors (Lipinski definition) is 2. The van der Waals surface area contributed by atoms with Crippen molar-refractivity contribution in [3.8, 4) is 0 Å². The van der Waals surface area contributed by atoms with E-state index in [4.69, 9.17) is 11.6 Å². The highest BCUT2D eigenvalue weighted by Gasteiger charge is 2.18. The Kier molecular flexibility index (Phi) is 6.56. The molecule has 1 N–H and O–H groups in total. The number of anilines is 1. The molecule has 1 aromatic carbocycles. The predicted octanol–water partition coefficient (Wildman–Crippen LogP) is 5.19. The van der Waals surface area contributed by atoms with Gasteiger partial charge in [0, 0.05) is 16.2 Å². The molecule has 0 saturated heterocycles. The van der Waals surface area contributed by atoms with Crippen molar-refractivity contribution in [2.75, 3.05) is 11.9 Å². The molecular formula is C20H23ClN2O. The monoisotopic (exact) mass is 342 g/mol. The predicted molar refractivity (Wildman–Crippen MR) is 103 cm³/mol. The maximum absolute atomic E-state index is 11.7. The lowest BCUT2D eigenvalue weighted by atomic mass is 9.99. The number of carbonyl (C=O) groups excluding carboxylic acids is 1. The van der Waals surface area contributed by atoms with Gasteiger partial charge in [-0.15, -0.1) is 0 Å². The lowest BCUT2D eigenvalue weighted by molar-refractivity contribution is -0.114. The fraction of sp³-hybridized carbons (Fsp3) is 0.300. The van der Waals surface area contributed by atoms with Crippen LogP contribution >= 0.6 is 11.6 Å². The van der Waals surface area contributed by atoms with E-state index in [0.717, 1.165) is 28.5 Å². The van der Waals surface area contributed by atoms with Crippen molar-refractivity contribution < 1.29 is 4.79 Å². The fourth-order valence-electron chi connectivity index (χ4n) is 2.18. The van der Waals surface area contributed by atoms with E-state index < -0.39 is 0 Å². The van der Waals surface area contributed by atoms with E-state index in [1.54, 1.807) is 18.2 Å². The third kappa shape index (κ3) is 5.20. The average molecular weight is 343 g/mol. The van der Waals surface area contributed by atoms with Gasteiger partial charge in [0.2, 0.25) is 5.91 Å². The van der Waals surface area contributed by atoms with E-state index in [1.807, 2.05) is 31.2 Å². The van der Waals surface area contributed by atoms with E-state index in [1.165, 1.54) is 12.8 Å². The first-order valence-electron chi connectivity index (χ1n) is 8.15. The molecule has 1 fully saturated rings. The van der Waals surface area contributed by atoms with Gasteiger partial charge in [0.05, 0.1) is 11.4 Å². The van der Waals surface area contributed by atoms with Gasteiger partial charge >= 0.3 is 0 Å². The van der Waals surface area contributed by atoms with E-state index in [-0.39, 0.29) is 12.5 Å². The number of fused-ring (bicyclic) bond motifs is 1. The van der Waals surface area contributed by atoms with Crippen molar-refractivity contribution in [1.82, 2.24) is 0 Å². The molecule has 1 aliphatic carbocycles. The molecule has 3 rings (SSSR count). The van der Waals surface area contributed by atoms with Crippen molar-refractivity contribution in [3.63, 3.8) is 0 Å². The maximum atomic E-state index is 11.7. The molecule has 0 unspecified atom stereocenters. The van der Waals surface area contributed by atoms with E-state index in [0.29, 0.717) is 5.02 Å². The Hall–Kier alpha value is -2.13. The smallest absolute Gasteiger partial charge is 0.246 e. The number of halogens is 1. The molecule has 0 radical (unpaired) electrons. The number of nitrogens with one attached hydrogen (secondary N) is 1. The number of aliphatic imine (C=N–C) groups is 1. The quantitative estimate of drug-likeness (QED) is 0.755. The molecule has 1 heterocycles. The molecule has 2 aliphatic rings. The highest BCUT2D eigenvalue weighted by Crippen LogP contribution is 2.27. The first-order chi connectivity index (χ1) is 11.5. The second-order valence-corrected chi connectivity index (χ2v) is 6.38. The summed E-state index contributed by atoms with van der Waals surface area (Å²) in [5.41, 5.74) is 3.16. The van der Waals surface area contributed by atoms with Gasteiger partial charge in [-0.2, -0.15) is 0 Å². The number of allylic oxidation sites excluding steroid dienone is 5. The minimum atomic E-state index is -0.137. The van der Waals surface area contributed by atoms with Gasteiger partial charge in [0.15, 0.2) is 0 Å². The molecule has 0 aromatic heterocycles. The summed E-state index contributed by atoms with van der Waals surface area (Å²) in [4.78, 5) is 16.1. The third-order valence-corrected chi connectivity index (χ3v) is 3.91. The van der Waals surface area contributed by atoms with Crippen LogP contribution in [0.4, 0.5) is 5.69 Å². The second kappa shape index (κ2) is 8.65. The topological polar surface area (TPSA) is 41.5 Å². The van der Waals surface area contributed by atoms with Crippen LogP contribution in [0.25, 0.3) is 0 Å². The molecule has 24 heavy (non-hydrogen) atoms. The van der Waals surface area contributed by atoms with Gasteiger partial charge in [-0.05, 0) is 31.0 Å². The Labute approximate surface area is 148 Å². The summed E-state index contributed by atoms with van der Waals surface area (Å²) < 4.78 is 0. The zero-order valence-electron chi connectivity index (χ0n) is 14.2. The number of hydrogen-bond donors (Lipinski definition) is 1.